The Morgan fingerprint density at radius 3 is 2.55 bits per heavy atom. The van der Waals surface area contributed by atoms with Gasteiger partial charge in [0.2, 0.25) is 0 Å². The van der Waals surface area contributed by atoms with E-state index in [0.717, 1.165) is 26.8 Å². The van der Waals surface area contributed by atoms with Gasteiger partial charge >= 0.3 is 6.09 Å². The van der Waals surface area contributed by atoms with Gasteiger partial charge in [0.05, 0.1) is 13.2 Å². The molecule has 0 fully saturated rings. The second-order valence-electron chi connectivity index (χ2n) is 8.36. The molecule has 2 amide bonds. The Kier molecular flexibility index (Phi) is 7.72. The predicted octanol–water partition coefficient (Wildman–Crippen LogP) is 4.95. The minimum atomic E-state index is -0.731. The quantitative estimate of drug-likeness (QED) is 0.499. The summed E-state index contributed by atoms with van der Waals surface area (Å²) >= 11 is 1.56. The zero-order chi connectivity index (χ0) is 24.0. The Bertz CT molecular complexity index is 1100. The van der Waals surface area contributed by atoms with Crippen molar-refractivity contribution in [3.05, 3.63) is 66.2 Å². The molecule has 172 valence electrons. The van der Waals surface area contributed by atoms with Gasteiger partial charge < -0.3 is 14.8 Å². The molecule has 1 heterocycles. The number of carbonyl (C=O) groups is 2. The topological polar surface area (TPSA) is 67.9 Å². The van der Waals surface area contributed by atoms with Crippen LogP contribution in [0.4, 0.5) is 10.5 Å². The standard InChI is InChI=1S/C26H28N2O4S/c1-26(2,3)32-25(30)28-22(15-16-24(28)29)20(13-11-18-9-7-6-8-10-18)27-21-14-12-19(31-4)17-23(21)33-5/h6-10,12,14-17,20,22,27H,1-5H3/t20-,22+/m0/s1. The van der Waals surface area contributed by atoms with E-state index in [-0.39, 0.29) is 0 Å². The van der Waals surface area contributed by atoms with Crippen LogP contribution >= 0.6 is 11.8 Å². The number of thioether (sulfide) groups is 1. The number of hydrogen-bond acceptors (Lipinski definition) is 6. The smallest absolute Gasteiger partial charge is 0.417 e. The first-order valence-corrected chi connectivity index (χ1v) is 11.7. The molecular weight excluding hydrogens is 436 g/mol. The first-order chi connectivity index (χ1) is 15.7. The Hall–Kier alpha value is -3.37. The van der Waals surface area contributed by atoms with E-state index < -0.39 is 29.7 Å². The highest BCUT2D eigenvalue weighted by Gasteiger charge is 2.39. The summed E-state index contributed by atoms with van der Waals surface area (Å²) in [6.45, 7) is 5.29. The van der Waals surface area contributed by atoms with Gasteiger partial charge in [0.25, 0.3) is 5.91 Å². The first-order valence-electron chi connectivity index (χ1n) is 10.5. The summed E-state index contributed by atoms with van der Waals surface area (Å²) in [6, 6.07) is 14.0. The van der Waals surface area contributed by atoms with Crippen LogP contribution in [0.15, 0.2) is 65.6 Å². The van der Waals surface area contributed by atoms with E-state index in [0.29, 0.717) is 0 Å². The number of benzene rings is 2. The second-order valence-corrected chi connectivity index (χ2v) is 9.21. The van der Waals surface area contributed by atoms with E-state index in [9.17, 15) is 9.59 Å². The van der Waals surface area contributed by atoms with Gasteiger partial charge in [0, 0.05) is 22.2 Å². The number of amides is 2. The number of rotatable bonds is 5. The normalized spacial score (nSPS) is 16.1. The number of imide groups is 1. The van der Waals surface area contributed by atoms with Crippen molar-refractivity contribution in [1.29, 1.82) is 0 Å². The number of hydrogen-bond donors (Lipinski definition) is 1. The fourth-order valence-electron chi connectivity index (χ4n) is 3.25. The highest BCUT2D eigenvalue weighted by atomic mass is 32.2. The molecule has 1 aliphatic rings. The van der Waals surface area contributed by atoms with Gasteiger partial charge in [-0.25, -0.2) is 9.69 Å². The molecule has 7 heteroatoms. The monoisotopic (exact) mass is 464 g/mol. The van der Waals surface area contributed by atoms with Crippen molar-refractivity contribution in [2.45, 2.75) is 43.4 Å². The molecule has 0 spiro atoms. The van der Waals surface area contributed by atoms with Crippen molar-refractivity contribution in [1.82, 2.24) is 4.90 Å². The van der Waals surface area contributed by atoms with Crippen molar-refractivity contribution in [2.24, 2.45) is 0 Å². The van der Waals surface area contributed by atoms with Crippen LogP contribution in [0.25, 0.3) is 0 Å². The maximum absolute atomic E-state index is 12.9. The van der Waals surface area contributed by atoms with Gasteiger partial charge in [-0.3, -0.25) is 4.79 Å². The lowest BCUT2D eigenvalue weighted by Crippen LogP contribution is -2.49. The van der Waals surface area contributed by atoms with E-state index >= 15 is 0 Å². The van der Waals surface area contributed by atoms with Crippen LogP contribution in [0.1, 0.15) is 26.3 Å². The van der Waals surface area contributed by atoms with Crippen LogP contribution in [0, 0.1) is 11.8 Å². The Balaban J connectivity index is 1.98. The predicted molar refractivity (Wildman–Crippen MR) is 132 cm³/mol. The number of anilines is 1. The molecule has 0 aromatic heterocycles. The first kappa shape index (κ1) is 24.3. The molecule has 2 aromatic rings. The molecule has 2 atom stereocenters. The van der Waals surface area contributed by atoms with Gasteiger partial charge in [-0.1, -0.05) is 36.1 Å². The van der Waals surface area contributed by atoms with E-state index in [4.69, 9.17) is 9.47 Å². The van der Waals surface area contributed by atoms with Crippen molar-refractivity contribution >= 4 is 29.4 Å². The molecular formula is C26H28N2O4S. The second kappa shape index (κ2) is 10.5. The van der Waals surface area contributed by atoms with Gasteiger partial charge in [-0.2, -0.15) is 0 Å². The number of nitrogens with zero attached hydrogens (tertiary/aromatic N) is 1. The van der Waals surface area contributed by atoms with E-state index in [1.807, 2.05) is 54.8 Å². The van der Waals surface area contributed by atoms with Gasteiger partial charge in [0.15, 0.2) is 0 Å². The minimum Gasteiger partial charge on any atom is -0.497 e. The van der Waals surface area contributed by atoms with Crippen LogP contribution in [-0.4, -0.2) is 48.0 Å². The summed E-state index contributed by atoms with van der Waals surface area (Å²) in [5.41, 5.74) is 0.930. The summed E-state index contributed by atoms with van der Waals surface area (Å²) in [6.07, 6.45) is 4.34. The van der Waals surface area contributed by atoms with Gasteiger partial charge in [-0.05, 0) is 57.4 Å². The Morgan fingerprint density at radius 1 is 1.18 bits per heavy atom. The lowest BCUT2D eigenvalue weighted by molar-refractivity contribution is -0.125. The molecule has 3 rings (SSSR count). The van der Waals surface area contributed by atoms with E-state index in [2.05, 4.69) is 17.2 Å². The summed E-state index contributed by atoms with van der Waals surface area (Å²) in [4.78, 5) is 27.5. The highest BCUT2D eigenvalue weighted by Crippen LogP contribution is 2.31. The van der Waals surface area contributed by atoms with Crippen molar-refractivity contribution < 1.29 is 19.1 Å². The van der Waals surface area contributed by atoms with Crippen LogP contribution < -0.4 is 10.1 Å². The van der Waals surface area contributed by atoms with Gasteiger partial charge in [-0.15, -0.1) is 11.8 Å². The molecule has 1 aliphatic heterocycles. The summed E-state index contributed by atoms with van der Waals surface area (Å²) < 4.78 is 10.8. The lowest BCUT2D eigenvalue weighted by Gasteiger charge is -2.30. The van der Waals surface area contributed by atoms with Crippen LogP contribution in [-0.2, 0) is 9.53 Å². The minimum absolute atomic E-state index is 0.428. The number of nitrogens with one attached hydrogen (secondary N) is 1. The molecule has 0 unspecified atom stereocenters. The zero-order valence-electron chi connectivity index (χ0n) is 19.4. The largest absolute Gasteiger partial charge is 0.497 e. The van der Waals surface area contributed by atoms with Crippen molar-refractivity contribution in [3.8, 4) is 17.6 Å². The van der Waals surface area contributed by atoms with Gasteiger partial charge in [0.1, 0.15) is 17.4 Å². The molecule has 0 radical (unpaired) electrons. The molecule has 1 N–H and O–H groups in total. The molecule has 6 nitrogen and oxygen atoms in total. The van der Waals surface area contributed by atoms with E-state index in [1.54, 1.807) is 45.7 Å². The van der Waals surface area contributed by atoms with Crippen LogP contribution in [0.3, 0.4) is 0 Å². The maximum atomic E-state index is 12.9. The summed E-state index contributed by atoms with van der Waals surface area (Å²) in [5.74, 6) is 6.69. The summed E-state index contributed by atoms with van der Waals surface area (Å²) in [5, 5.41) is 3.43. The Morgan fingerprint density at radius 2 is 1.91 bits per heavy atom. The molecule has 33 heavy (non-hydrogen) atoms. The van der Waals surface area contributed by atoms with Crippen LogP contribution in [0.5, 0.6) is 5.75 Å². The SMILES string of the molecule is COc1ccc(N[C@@H](C#Cc2ccccc2)[C@H]2C=CC(=O)N2C(=O)OC(C)(C)C)c(SC)c1. The fraction of sp³-hybridized carbons (Fsp3) is 0.308. The summed E-state index contributed by atoms with van der Waals surface area (Å²) in [7, 11) is 1.62. The molecule has 2 aromatic carbocycles. The van der Waals surface area contributed by atoms with Crippen LogP contribution in [0.2, 0.25) is 0 Å². The number of methoxy groups -OCH3 is 1. The third-order valence-corrected chi connectivity index (χ3v) is 5.55. The Labute approximate surface area is 199 Å². The average Bonchev–Trinajstić information content (AvgIpc) is 3.17. The zero-order valence-corrected chi connectivity index (χ0v) is 20.2. The number of carbonyl (C=O) groups excluding carboxylic acids is 2. The molecule has 0 saturated heterocycles. The average molecular weight is 465 g/mol. The highest BCUT2D eigenvalue weighted by molar-refractivity contribution is 7.98. The van der Waals surface area contributed by atoms with Crippen molar-refractivity contribution in [3.63, 3.8) is 0 Å². The van der Waals surface area contributed by atoms with E-state index in [1.165, 1.54) is 6.08 Å². The maximum Gasteiger partial charge on any atom is 0.417 e. The molecule has 0 saturated carbocycles. The van der Waals surface area contributed by atoms with Crippen molar-refractivity contribution in [2.75, 3.05) is 18.7 Å². The third kappa shape index (κ3) is 6.33. The fourth-order valence-corrected chi connectivity index (χ4v) is 3.83. The number of ether oxygens (including phenoxy) is 2. The molecule has 0 bridgehead atoms. The third-order valence-electron chi connectivity index (χ3n) is 4.77. The lowest BCUT2D eigenvalue weighted by atomic mass is 10.1. The molecule has 0 aliphatic carbocycles.